The molecule has 0 spiro atoms. The Labute approximate surface area is 216 Å². The van der Waals surface area contributed by atoms with Crippen LogP contribution in [0.25, 0.3) is 10.6 Å². The lowest BCUT2D eigenvalue weighted by atomic mass is 9.90. The minimum Gasteiger partial charge on any atom is -0.478 e. The van der Waals surface area contributed by atoms with Crippen molar-refractivity contribution in [2.24, 2.45) is 0 Å². The highest BCUT2D eigenvalue weighted by molar-refractivity contribution is 7.17. The molecule has 1 saturated heterocycles. The quantitative estimate of drug-likeness (QED) is 0.398. The first-order chi connectivity index (χ1) is 17.3. The number of carbonyl (C=O) groups is 2. The molecule has 0 radical (unpaired) electrons. The SMILES string of the molecule is Cc1nc(-c2ccc(C(F)(F)F)cc2)sc1C(=O)N1CCC[C@H](c2cccc(OC(C)(C)C(=O)O)c2)C1. The predicted molar refractivity (Wildman–Crippen MR) is 134 cm³/mol. The minimum absolute atomic E-state index is 0.0526. The van der Waals surface area contributed by atoms with E-state index in [9.17, 15) is 27.9 Å². The molecule has 3 aromatic rings. The van der Waals surface area contributed by atoms with Crippen molar-refractivity contribution in [3.05, 3.63) is 70.2 Å². The van der Waals surface area contributed by atoms with Crippen LogP contribution in [0.1, 0.15) is 59.1 Å². The van der Waals surface area contributed by atoms with Gasteiger partial charge in [0.15, 0.2) is 5.60 Å². The van der Waals surface area contributed by atoms with Crippen molar-refractivity contribution in [1.29, 1.82) is 0 Å². The molecule has 37 heavy (non-hydrogen) atoms. The maximum absolute atomic E-state index is 13.4. The highest BCUT2D eigenvalue weighted by Crippen LogP contribution is 2.35. The Morgan fingerprint density at radius 2 is 1.84 bits per heavy atom. The van der Waals surface area contributed by atoms with Gasteiger partial charge in [-0.25, -0.2) is 9.78 Å². The van der Waals surface area contributed by atoms with Gasteiger partial charge in [0.25, 0.3) is 5.91 Å². The van der Waals surface area contributed by atoms with Crippen LogP contribution < -0.4 is 4.74 Å². The average molecular weight is 533 g/mol. The van der Waals surface area contributed by atoms with E-state index in [-0.39, 0.29) is 11.8 Å². The van der Waals surface area contributed by atoms with Gasteiger partial charge in [0.05, 0.1) is 11.3 Å². The Morgan fingerprint density at radius 1 is 1.14 bits per heavy atom. The summed E-state index contributed by atoms with van der Waals surface area (Å²) < 4.78 is 44.3. The molecule has 10 heteroatoms. The van der Waals surface area contributed by atoms with E-state index in [0.717, 1.165) is 30.5 Å². The summed E-state index contributed by atoms with van der Waals surface area (Å²) >= 11 is 1.18. The molecule has 0 bridgehead atoms. The molecule has 1 amide bonds. The monoisotopic (exact) mass is 532 g/mol. The van der Waals surface area contributed by atoms with Gasteiger partial charge in [0.1, 0.15) is 15.6 Å². The Balaban J connectivity index is 1.50. The number of carboxylic acid groups (broad SMARTS) is 1. The van der Waals surface area contributed by atoms with Crippen LogP contribution >= 0.6 is 11.3 Å². The number of benzene rings is 2. The van der Waals surface area contributed by atoms with E-state index < -0.39 is 23.3 Å². The standard InChI is InChI=1S/C27H27F3N2O4S/c1-16-22(37-23(31-16)17-9-11-20(12-10-17)27(28,29)30)24(33)32-13-5-7-19(15-32)18-6-4-8-21(14-18)36-26(2,3)25(34)35/h4,6,8-12,14,19H,5,7,13,15H2,1-3H3,(H,34,35)/t19-/m0/s1. The van der Waals surface area contributed by atoms with Gasteiger partial charge >= 0.3 is 12.1 Å². The largest absolute Gasteiger partial charge is 0.478 e. The minimum atomic E-state index is -4.42. The second-order valence-corrected chi connectivity index (χ2v) is 10.6. The molecule has 0 aliphatic carbocycles. The van der Waals surface area contributed by atoms with Crippen molar-refractivity contribution in [3.8, 4) is 16.3 Å². The lowest BCUT2D eigenvalue weighted by Crippen LogP contribution is -2.39. The molecule has 2 aromatic carbocycles. The molecule has 6 nitrogen and oxygen atoms in total. The van der Waals surface area contributed by atoms with E-state index in [4.69, 9.17) is 4.74 Å². The van der Waals surface area contributed by atoms with Crippen LogP contribution in [0.3, 0.4) is 0 Å². The number of likely N-dealkylation sites (tertiary alicyclic amines) is 1. The second kappa shape index (κ2) is 10.2. The summed E-state index contributed by atoms with van der Waals surface area (Å²) in [5.74, 6) is -0.718. The van der Waals surface area contributed by atoms with Crippen LogP contribution in [0.15, 0.2) is 48.5 Å². The zero-order valence-corrected chi connectivity index (χ0v) is 21.4. The number of hydrogen-bond donors (Lipinski definition) is 1. The van der Waals surface area contributed by atoms with Gasteiger partial charge in [-0.2, -0.15) is 13.2 Å². The number of amides is 1. The average Bonchev–Trinajstić information content (AvgIpc) is 3.24. The van der Waals surface area contributed by atoms with Crippen LogP contribution in [0.4, 0.5) is 13.2 Å². The van der Waals surface area contributed by atoms with Crippen molar-refractivity contribution in [2.45, 2.75) is 51.3 Å². The van der Waals surface area contributed by atoms with Gasteiger partial charge in [-0.3, -0.25) is 4.79 Å². The number of aliphatic carboxylic acids is 1. The molecule has 0 saturated carbocycles. The van der Waals surface area contributed by atoms with E-state index in [1.165, 1.54) is 37.3 Å². The highest BCUT2D eigenvalue weighted by atomic mass is 32.1. The number of carboxylic acids is 1. The number of alkyl halides is 3. The maximum atomic E-state index is 13.4. The zero-order chi connectivity index (χ0) is 27.0. The van der Waals surface area contributed by atoms with Crippen LogP contribution in [0.5, 0.6) is 5.75 Å². The lowest BCUT2D eigenvalue weighted by molar-refractivity contribution is -0.152. The topological polar surface area (TPSA) is 79.7 Å². The number of thiazole rings is 1. The molecule has 1 aliphatic heterocycles. The summed E-state index contributed by atoms with van der Waals surface area (Å²) in [6.07, 6.45) is -2.75. The smallest absolute Gasteiger partial charge is 0.416 e. The Bertz CT molecular complexity index is 1300. The van der Waals surface area contributed by atoms with E-state index in [1.807, 2.05) is 18.2 Å². The molecule has 1 fully saturated rings. The fourth-order valence-corrected chi connectivity index (χ4v) is 5.31. The number of aryl methyl sites for hydroxylation is 1. The summed E-state index contributed by atoms with van der Waals surface area (Å²) in [5, 5.41) is 9.84. The van der Waals surface area contributed by atoms with Crippen molar-refractivity contribution >= 4 is 23.2 Å². The van der Waals surface area contributed by atoms with E-state index in [1.54, 1.807) is 17.9 Å². The third-order valence-electron chi connectivity index (χ3n) is 6.38. The maximum Gasteiger partial charge on any atom is 0.416 e. The molecule has 1 aliphatic rings. The molecular weight excluding hydrogens is 505 g/mol. The number of halogens is 3. The number of hydrogen-bond acceptors (Lipinski definition) is 5. The number of piperidine rings is 1. The molecule has 1 N–H and O–H groups in total. The molecule has 4 rings (SSSR count). The van der Waals surface area contributed by atoms with Gasteiger partial charge in [-0.05, 0) is 63.4 Å². The molecule has 196 valence electrons. The van der Waals surface area contributed by atoms with E-state index in [2.05, 4.69) is 4.98 Å². The molecular formula is C27H27F3N2O4S. The normalized spacial score (nSPS) is 16.5. The number of ether oxygens (including phenoxy) is 1. The highest BCUT2D eigenvalue weighted by Gasteiger charge is 2.32. The van der Waals surface area contributed by atoms with Gasteiger partial charge in [-0.1, -0.05) is 24.3 Å². The Kier molecular flexibility index (Phi) is 7.32. The fourth-order valence-electron chi connectivity index (χ4n) is 4.27. The predicted octanol–water partition coefficient (Wildman–Crippen LogP) is 6.40. The number of aromatic nitrogens is 1. The number of rotatable bonds is 6. The third-order valence-corrected chi connectivity index (χ3v) is 7.57. The summed E-state index contributed by atoms with van der Waals surface area (Å²) in [6.45, 7) is 5.77. The Morgan fingerprint density at radius 3 is 2.49 bits per heavy atom. The third kappa shape index (κ3) is 5.95. The van der Waals surface area contributed by atoms with Gasteiger partial charge in [-0.15, -0.1) is 11.3 Å². The zero-order valence-electron chi connectivity index (χ0n) is 20.6. The second-order valence-electron chi connectivity index (χ2n) is 9.59. The first kappa shape index (κ1) is 26.7. The molecule has 0 unspecified atom stereocenters. The van der Waals surface area contributed by atoms with E-state index in [0.29, 0.717) is 40.0 Å². The Hall–Kier alpha value is -3.40. The van der Waals surface area contributed by atoms with Crippen LogP contribution in [-0.2, 0) is 11.0 Å². The van der Waals surface area contributed by atoms with Crippen molar-refractivity contribution in [2.75, 3.05) is 13.1 Å². The first-order valence-electron chi connectivity index (χ1n) is 11.8. The van der Waals surface area contributed by atoms with Gasteiger partial charge in [0, 0.05) is 24.6 Å². The van der Waals surface area contributed by atoms with Gasteiger partial charge in [0.2, 0.25) is 0 Å². The number of carbonyl (C=O) groups excluding carboxylic acids is 1. The van der Waals surface area contributed by atoms with E-state index >= 15 is 0 Å². The van der Waals surface area contributed by atoms with Crippen molar-refractivity contribution in [1.82, 2.24) is 9.88 Å². The molecule has 2 heterocycles. The fraction of sp³-hybridized carbons (Fsp3) is 0.370. The number of nitrogens with zero attached hydrogens (tertiary/aromatic N) is 2. The van der Waals surface area contributed by atoms with Crippen LogP contribution in [-0.4, -0.2) is 45.6 Å². The van der Waals surface area contributed by atoms with Gasteiger partial charge < -0.3 is 14.7 Å². The van der Waals surface area contributed by atoms with Crippen LogP contribution in [0, 0.1) is 6.92 Å². The van der Waals surface area contributed by atoms with Crippen molar-refractivity contribution < 1.29 is 32.6 Å². The molecule has 1 aromatic heterocycles. The first-order valence-corrected chi connectivity index (χ1v) is 12.6. The molecule has 1 atom stereocenters. The summed E-state index contributed by atoms with van der Waals surface area (Å²) in [7, 11) is 0. The van der Waals surface area contributed by atoms with Crippen LogP contribution in [0.2, 0.25) is 0 Å². The lowest BCUT2D eigenvalue weighted by Gasteiger charge is -2.33. The summed E-state index contributed by atoms with van der Waals surface area (Å²) in [5.41, 5.74) is -0.0818. The summed E-state index contributed by atoms with van der Waals surface area (Å²) in [6, 6.07) is 12.1. The summed E-state index contributed by atoms with van der Waals surface area (Å²) in [4.78, 5) is 31.5. The van der Waals surface area contributed by atoms with Crippen molar-refractivity contribution in [3.63, 3.8) is 0 Å².